The van der Waals surface area contributed by atoms with Gasteiger partial charge in [-0.05, 0) is 18.6 Å². The molecule has 2 amide bonds. The summed E-state index contributed by atoms with van der Waals surface area (Å²) in [5.41, 5.74) is 0.584. The molecule has 2 aliphatic heterocycles. The summed E-state index contributed by atoms with van der Waals surface area (Å²) in [6.07, 6.45) is 1.26. The van der Waals surface area contributed by atoms with Crippen molar-refractivity contribution in [2.75, 3.05) is 26.7 Å². The summed E-state index contributed by atoms with van der Waals surface area (Å²) in [5.74, 6) is -0.561. The van der Waals surface area contributed by atoms with Gasteiger partial charge in [-0.3, -0.25) is 9.59 Å². The first-order valence-corrected chi connectivity index (χ1v) is 8.91. The second kappa shape index (κ2) is 7.11. The monoisotopic (exact) mass is 373 g/mol. The van der Waals surface area contributed by atoms with E-state index in [-0.39, 0.29) is 30.0 Å². The van der Waals surface area contributed by atoms with Crippen molar-refractivity contribution in [3.8, 4) is 0 Å². The third kappa shape index (κ3) is 3.32. The van der Waals surface area contributed by atoms with E-state index < -0.39 is 11.7 Å². The van der Waals surface area contributed by atoms with E-state index in [2.05, 4.69) is 4.98 Å². The summed E-state index contributed by atoms with van der Waals surface area (Å²) in [5, 5.41) is 0. The standard InChI is InChI=1S/C19H20FN3O4/c1-26-12-6-8-22(10-12)19(25)17-21-15-11-23(9-7-16(15)27-17)18(24)13-4-2-3-5-14(13)20/h2-5,12H,6-11H2,1H3. The van der Waals surface area contributed by atoms with Crippen molar-refractivity contribution in [1.82, 2.24) is 14.8 Å². The highest BCUT2D eigenvalue weighted by Gasteiger charge is 2.33. The average Bonchev–Trinajstić information content (AvgIpc) is 3.33. The van der Waals surface area contributed by atoms with Crippen LogP contribution in [0.3, 0.4) is 0 Å². The van der Waals surface area contributed by atoms with Gasteiger partial charge in [-0.1, -0.05) is 12.1 Å². The molecule has 0 bridgehead atoms. The quantitative estimate of drug-likeness (QED) is 0.821. The molecule has 0 aliphatic carbocycles. The number of oxazole rings is 1. The van der Waals surface area contributed by atoms with E-state index in [1.54, 1.807) is 24.1 Å². The van der Waals surface area contributed by atoms with Crippen LogP contribution < -0.4 is 0 Å². The van der Waals surface area contributed by atoms with Crippen molar-refractivity contribution in [3.63, 3.8) is 0 Å². The molecule has 8 heteroatoms. The van der Waals surface area contributed by atoms with E-state index in [0.717, 1.165) is 6.42 Å². The number of benzene rings is 1. The van der Waals surface area contributed by atoms with Gasteiger partial charge in [0.25, 0.3) is 11.8 Å². The summed E-state index contributed by atoms with van der Waals surface area (Å²) < 4.78 is 24.8. The molecule has 2 aromatic rings. The summed E-state index contributed by atoms with van der Waals surface area (Å²) in [7, 11) is 1.63. The molecule has 0 N–H and O–H groups in total. The molecule has 4 rings (SSSR count). The van der Waals surface area contributed by atoms with Gasteiger partial charge in [0.15, 0.2) is 0 Å². The topological polar surface area (TPSA) is 75.9 Å². The van der Waals surface area contributed by atoms with Crippen LogP contribution in [0.25, 0.3) is 0 Å². The van der Waals surface area contributed by atoms with Gasteiger partial charge in [0, 0.05) is 33.2 Å². The lowest BCUT2D eigenvalue weighted by Gasteiger charge is -2.25. The van der Waals surface area contributed by atoms with E-state index >= 15 is 0 Å². The van der Waals surface area contributed by atoms with E-state index in [1.165, 1.54) is 17.0 Å². The molecule has 7 nitrogen and oxygen atoms in total. The van der Waals surface area contributed by atoms with Crippen molar-refractivity contribution in [2.24, 2.45) is 0 Å². The van der Waals surface area contributed by atoms with Gasteiger partial charge in [-0.2, -0.15) is 0 Å². The summed E-state index contributed by atoms with van der Waals surface area (Å²) in [4.78, 5) is 32.7. The largest absolute Gasteiger partial charge is 0.437 e. The maximum atomic E-state index is 13.9. The number of methoxy groups -OCH3 is 1. The predicted octanol–water partition coefficient (Wildman–Crippen LogP) is 1.87. The predicted molar refractivity (Wildman–Crippen MR) is 92.7 cm³/mol. The fourth-order valence-electron chi connectivity index (χ4n) is 3.51. The van der Waals surface area contributed by atoms with Crippen LogP contribution in [0, 0.1) is 5.82 Å². The first kappa shape index (κ1) is 17.7. The van der Waals surface area contributed by atoms with Crippen LogP contribution in [0.4, 0.5) is 4.39 Å². The lowest BCUT2D eigenvalue weighted by Crippen LogP contribution is -2.36. The number of nitrogens with zero attached hydrogens (tertiary/aromatic N) is 3. The van der Waals surface area contributed by atoms with Crippen LogP contribution in [0.5, 0.6) is 0 Å². The maximum absolute atomic E-state index is 13.9. The maximum Gasteiger partial charge on any atom is 0.309 e. The molecule has 2 aliphatic rings. The highest BCUT2D eigenvalue weighted by molar-refractivity contribution is 5.94. The first-order valence-electron chi connectivity index (χ1n) is 8.91. The van der Waals surface area contributed by atoms with E-state index in [4.69, 9.17) is 9.15 Å². The molecule has 1 aromatic heterocycles. The van der Waals surface area contributed by atoms with Gasteiger partial charge in [-0.25, -0.2) is 9.37 Å². The highest BCUT2D eigenvalue weighted by atomic mass is 19.1. The van der Waals surface area contributed by atoms with Gasteiger partial charge < -0.3 is 19.0 Å². The number of ether oxygens (including phenoxy) is 1. The van der Waals surface area contributed by atoms with Gasteiger partial charge in [0.1, 0.15) is 17.3 Å². The number of likely N-dealkylation sites (tertiary alicyclic amines) is 1. The Hall–Kier alpha value is -2.74. The normalized spacial score (nSPS) is 19.3. The van der Waals surface area contributed by atoms with Crippen molar-refractivity contribution < 1.29 is 23.1 Å². The number of hydrogen-bond donors (Lipinski definition) is 0. The van der Waals surface area contributed by atoms with Crippen molar-refractivity contribution in [3.05, 3.63) is 53.0 Å². The summed E-state index contributed by atoms with van der Waals surface area (Å²) in [6, 6.07) is 5.90. The minimum absolute atomic E-state index is 0.0309. The van der Waals surface area contributed by atoms with Crippen LogP contribution in [0.15, 0.2) is 28.7 Å². The number of amides is 2. The van der Waals surface area contributed by atoms with Crippen LogP contribution in [-0.4, -0.2) is 59.4 Å². The van der Waals surface area contributed by atoms with Gasteiger partial charge in [-0.15, -0.1) is 0 Å². The molecule has 0 saturated carbocycles. The SMILES string of the molecule is COC1CCN(C(=O)c2nc3c(o2)CCN(C(=O)c2ccccc2F)C3)C1. The van der Waals surface area contributed by atoms with Crippen LogP contribution in [0.1, 0.15) is 38.9 Å². The molecule has 142 valence electrons. The first-order chi connectivity index (χ1) is 13.1. The molecule has 1 fully saturated rings. The average molecular weight is 373 g/mol. The molecule has 27 heavy (non-hydrogen) atoms. The van der Waals surface area contributed by atoms with Crippen LogP contribution >= 0.6 is 0 Å². The number of carbonyl (C=O) groups is 2. The molecule has 0 radical (unpaired) electrons. The zero-order chi connectivity index (χ0) is 19.0. The van der Waals surface area contributed by atoms with Crippen molar-refractivity contribution in [2.45, 2.75) is 25.5 Å². The highest BCUT2D eigenvalue weighted by Crippen LogP contribution is 2.24. The molecule has 1 unspecified atom stereocenters. The van der Waals surface area contributed by atoms with Crippen molar-refractivity contribution >= 4 is 11.8 Å². The second-order valence-electron chi connectivity index (χ2n) is 6.74. The smallest absolute Gasteiger partial charge is 0.309 e. The van der Waals surface area contributed by atoms with E-state index in [1.807, 2.05) is 0 Å². The molecule has 1 aromatic carbocycles. The molecule has 1 saturated heterocycles. The van der Waals surface area contributed by atoms with Crippen molar-refractivity contribution in [1.29, 1.82) is 0 Å². The minimum Gasteiger partial charge on any atom is -0.437 e. The van der Waals surface area contributed by atoms with E-state index in [9.17, 15) is 14.0 Å². The van der Waals surface area contributed by atoms with Gasteiger partial charge in [0.05, 0.1) is 18.2 Å². The zero-order valence-corrected chi connectivity index (χ0v) is 15.0. The summed E-state index contributed by atoms with van der Waals surface area (Å²) in [6.45, 7) is 1.70. The number of fused-ring (bicyclic) bond motifs is 1. The third-order valence-electron chi connectivity index (χ3n) is 5.07. The Balaban J connectivity index is 1.49. The number of hydrogen-bond acceptors (Lipinski definition) is 5. The Morgan fingerprint density at radius 2 is 2.04 bits per heavy atom. The number of halogens is 1. The minimum atomic E-state index is -0.550. The Morgan fingerprint density at radius 3 is 2.78 bits per heavy atom. The third-order valence-corrected chi connectivity index (χ3v) is 5.07. The molecule has 3 heterocycles. The zero-order valence-electron chi connectivity index (χ0n) is 15.0. The Bertz CT molecular complexity index is 882. The fourth-order valence-corrected chi connectivity index (χ4v) is 3.51. The van der Waals surface area contributed by atoms with Crippen LogP contribution in [0.2, 0.25) is 0 Å². The van der Waals surface area contributed by atoms with Crippen LogP contribution in [-0.2, 0) is 17.7 Å². The molecular weight excluding hydrogens is 353 g/mol. The number of rotatable bonds is 3. The van der Waals surface area contributed by atoms with Gasteiger partial charge in [0.2, 0.25) is 0 Å². The number of carbonyl (C=O) groups excluding carboxylic acids is 2. The Kier molecular flexibility index (Phi) is 4.65. The number of aromatic nitrogens is 1. The van der Waals surface area contributed by atoms with Gasteiger partial charge >= 0.3 is 5.91 Å². The Labute approximate surface area is 155 Å². The van der Waals surface area contributed by atoms with E-state index in [0.29, 0.717) is 37.5 Å². The molecular formula is C19H20FN3O4. The Morgan fingerprint density at radius 1 is 1.22 bits per heavy atom. The fraction of sp³-hybridized carbons (Fsp3) is 0.421. The second-order valence-corrected chi connectivity index (χ2v) is 6.74. The lowest BCUT2D eigenvalue weighted by molar-refractivity contribution is 0.0683. The molecule has 1 atom stereocenters. The molecule has 0 spiro atoms. The summed E-state index contributed by atoms with van der Waals surface area (Å²) >= 11 is 0. The lowest BCUT2D eigenvalue weighted by atomic mass is 10.1.